The Morgan fingerprint density at radius 2 is 2.26 bits per heavy atom. The summed E-state index contributed by atoms with van der Waals surface area (Å²) in [6.45, 7) is 0.454. The third kappa shape index (κ3) is 3.58. The van der Waals surface area contributed by atoms with E-state index in [1.165, 1.54) is 6.08 Å². The number of hydrogen-bond acceptors (Lipinski definition) is 3. The van der Waals surface area contributed by atoms with E-state index in [1.807, 2.05) is 42.6 Å². The van der Waals surface area contributed by atoms with Gasteiger partial charge in [0.15, 0.2) is 0 Å². The summed E-state index contributed by atoms with van der Waals surface area (Å²) in [7, 11) is 1.62. The number of carbonyl (C=O) groups is 1. The number of fused-ring (bicyclic) bond motifs is 1. The zero-order chi connectivity index (χ0) is 16.1. The highest BCUT2D eigenvalue weighted by molar-refractivity contribution is 5.95. The summed E-state index contributed by atoms with van der Waals surface area (Å²) in [4.78, 5) is 19.2. The van der Waals surface area contributed by atoms with Crippen molar-refractivity contribution >= 4 is 23.0 Å². The minimum Gasteiger partial charge on any atom is -0.497 e. The monoisotopic (exact) mass is 307 g/mol. The number of pyridine rings is 1. The molecule has 3 aromatic rings. The third-order valence-corrected chi connectivity index (χ3v) is 3.50. The van der Waals surface area contributed by atoms with Gasteiger partial charge in [0.1, 0.15) is 11.4 Å². The van der Waals surface area contributed by atoms with Crippen molar-refractivity contribution < 1.29 is 9.53 Å². The van der Waals surface area contributed by atoms with Gasteiger partial charge in [-0.25, -0.2) is 4.98 Å². The Morgan fingerprint density at radius 1 is 1.35 bits per heavy atom. The summed E-state index contributed by atoms with van der Waals surface area (Å²) in [6.07, 6.45) is 6.87. The number of hydrogen-bond donors (Lipinski definition) is 2. The predicted molar refractivity (Wildman–Crippen MR) is 90.0 cm³/mol. The quantitative estimate of drug-likeness (QED) is 0.712. The molecule has 0 aliphatic rings. The number of amides is 1. The van der Waals surface area contributed by atoms with Crippen LogP contribution in [0.3, 0.4) is 0 Å². The Morgan fingerprint density at radius 3 is 3.13 bits per heavy atom. The second kappa shape index (κ2) is 6.79. The van der Waals surface area contributed by atoms with Crippen molar-refractivity contribution in [1.29, 1.82) is 0 Å². The van der Waals surface area contributed by atoms with Gasteiger partial charge in [-0.05, 0) is 35.9 Å². The lowest BCUT2D eigenvalue weighted by molar-refractivity contribution is -0.116. The second-order valence-electron chi connectivity index (χ2n) is 5.05. The molecule has 23 heavy (non-hydrogen) atoms. The van der Waals surface area contributed by atoms with Gasteiger partial charge >= 0.3 is 0 Å². The molecule has 3 rings (SSSR count). The van der Waals surface area contributed by atoms with Crippen LogP contribution in [0.15, 0.2) is 54.9 Å². The molecule has 2 N–H and O–H groups in total. The van der Waals surface area contributed by atoms with Crippen LogP contribution in [-0.2, 0) is 11.3 Å². The Hall–Kier alpha value is -3.08. The van der Waals surface area contributed by atoms with E-state index < -0.39 is 0 Å². The molecular weight excluding hydrogens is 290 g/mol. The van der Waals surface area contributed by atoms with E-state index in [0.717, 1.165) is 27.9 Å². The minimum absolute atomic E-state index is 0.147. The fourth-order valence-corrected chi connectivity index (χ4v) is 2.31. The Kier molecular flexibility index (Phi) is 4.38. The lowest BCUT2D eigenvalue weighted by atomic mass is 10.2. The number of methoxy groups -OCH3 is 1. The van der Waals surface area contributed by atoms with Crippen molar-refractivity contribution in [2.75, 3.05) is 7.11 Å². The number of benzene rings is 1. The summed E-state index contributed by atoms with van der Waals surface area (Å²) in [5.74, 6) is 0.629. The zero-order valence-corrected chi connectivity index (χ0v) is 12.7. The van der Waals surface area contributed by atoms with Crippen molar-refractivity contribution in [3.8, 4) is 5.75 Å². The lowest BCUT2D eigenvalue weighted by Gasteiger charge is -2.05. The van der Waals surface area contributed by atoms with Gasteiger partial charge in [-0.15, -0.1) is 0 Å². The van der Waals surface area contributed by atoms with Crippen molar-refractivity contribution in [2.45, 2.75) is 6.54 Å². The number of ether oxygens (including phenoxy) is 1. The van der Waals surface area contributed by atoms with E-state index in [2.05, 4.69) is 15.3 Å². The van der Waals surface area contributed by atoms with Crippen LogP contribution in [0.5, 0.6) is 5.75 Å². The van der Waals surface area contributed by atoms with Crippen LogP contribution in [0.25, 0.3) is 17.1 Å². The fraction of sp³-hybridized carbons (Fsp3) is 0.111. The number of aromatic amines is 1. The topological polar surface area (TPSA) is 67.0 Å². The first kappa shape index (κ1) is 14.8. The van der Waals surface area contributed by atoms with Crippen LogP contribution >= 0.6 is 0 Å². The van der Waals surface area contributed by atoms with Crippen LogP contribution in [-0.4, -0.2) is 23.0 Å². The van der Waals surface area contributed by atoms with Gasteiger partial charge in [0, 0.05) is 36.0 Å². The molecule has 0 saturated carbocycles. The first-order chi connectivity index (χ1) is 11.3. The fourth-order valence-electron chi connectivity index (χ4n) is 2.31. The van der Waals surface area contributed by atoms with Crippen molar-refractivity contribution in [3.05, 3.63) is 66.0 Å². The average Bonchev–Trinajstić information content (AvgIpc) is 3.01. The van der Waals surface area contributed by atoms with Gasteiger partial charge < -0.3 is 15.0 Å². The number of carbonyl (C=O) groups excluding carboxylic acids is 1. The van der Waals surface area contributed by atoms with Crippen LogP contribution in [0.2, 0.25) is 0 Å². The molecule has 1 aromatic carbocycles. The molecular formula is C18H17N3O2. The number of nitrogens with one attached hydrogen (secondary N) is 2. The normalized spacial score (nSPS) is 11.0. The molecule has 0 unspecified atom stereocenters. The number of H-pyrrole nitrogens is 1. The highest BCUT2D eigenvalue weighted by Crippen LogP contribution is 2.16. The second-order valence-corrected chi connectivity index (χ2v) is 5.05. The molecule has 0 radical (unpaired) electrons. The van der Waals surface area contributed by atoms with Crippen LogP contribution < -0.4 is 10.1 Å². The summed E-state index contributed by atoms with van der Waals surface area (Å²) in [6, 6.07) is 11.4. The van der Waals surface area contributed by atoms with Crippen molar-refractivity contribution in [3.63, 3.8) is 0 Å². The largest absolute Gasteiger partial charge is 0.497 e. The average molecular weight is 307 g/mol. The Labute approximate surface area is 134 Å². The first-order valence-electron chi connectivity index (χ1n) is 7.27. The molecule has 0 saturated heterocycles. The highest BCUT2D eigenvalue weighted by Gasteiger charge is 2.02. The maximum absolute atomic E-state index is 11.9. The molecule has 0 fully saturated rings. The molecule has 5 nitrogen and oxygen atoms in total. The Bertz CT molecular complexity index is 852. The van der Waals surface area contributed by atoms with E-state index in [9.17, 15) is 4.79 Å². The maximum atomic E-state index is 11.9. The maximum Gasteiger partial charge on any atom is 0.244 e. The first-order valence-corrected chi connectivity index (χ1v) is 7.27. The van der Waals surface area contributed by atoms with E-state index in [4.69, 9.17) is 4.74 Å². The molecule has 0 aliphatic carbocycles. The van der Waals surface area contributed by atoms with E-state index in [1.54, 1.807) is 19.4 Å². The summed E-state index contributed by atoms with van der Waals surface area (Å²) >= 11 is 0. The van der Waals surface area contributed by atoms with Gasteiger partial charge in [-0.2, -0.15) is 0 Å². The van der Waals surface area contributed by atoms with Gasteiger partial charge in [-0.3, -0.25) is 4.79 Å². The molecule has 0 bridgehead atoms. The molecule has 5 heteroatoms. The lowest BCUT2D eigenvalue weighted by Crippen LogP contribution is -2.20. The van der Waals surface area contributed by atoms with Gasteiger partial charge in [0.05, 0.1) is 7.11 Å². The summed E-state index contributed by atoms with van der Waals surface area (Å²) < 4.78 is 5.16. The van der Waals surface area contributed by atoms with Gasteiger partial charge in [0.25, 0.3) is 0 Å². The summed E-state index contributed by atoms with van der Waals surface area (Å²) in [5, 5.41) is 3.84. The van der Waals surface area contributed by atoms with E-state index in [-0.39, 0.29) is 5.91 Å². The third-order valence-electron chi connectivity index (χ3n) is 3.50. The van der Waals surface area contributed by atoms with Crippen LogP contribution in [0.4, 0.5) is 0 Å². The van der Waals surface area contributed by atoms with E-state index >= 15 is 0 Å². The molecule has 2 aromatic heterocycles. The zero-order valence-electron chi connectivity index (χ0n) is 12.7. The van der Waals surface area contributed by atoms with Crippen LogP contribution in [0, 0.1) is 0 Å². The SMILES string of the molecule is COc1cccc(CNC(=O)/C=C/c2c[nH]c3ncccc23)c1. The molecule has 0 atom stereocenters. The predicted octanol–water partition coefficient (Wildman–Crippen LogP) is 2.90. The minimum atomic E-state index is -0.147. The van der Waals surface area contributed by atoms with Crippen molar-refractivity contribution in [1.82, 2.24) is 15.3 Å². The van der Waals surface area contributed by atoms with Crippen LogP contribution in [0.1, 0.15) is 11.1 Å². The molecule has 0 aliphatic heterocycles. The molecule has 1 amide bonds. The number of aromatic nitrogens is 2. The van der Waals surface area contributed by atoms with E-state index in [0.29, 0.717) is 6.54 Å². The Balaban J connectivity index is 1.62. The summed E-state index contributed by atoms with van der Waals surface area (Å²) in [5.41, 5.74) is 2.73. The van der Waals surface area contributed by atoms with Gasteiger partial charge in [-0.1, -0.05) is 12.1 Å². The van der Waals surface area contributed by atoms with Crippen molar-refractivity contribution in [2.24, 2.45) is 0 Å². The standard InChI is InChI=1S/C18H17N3O2/c1-23-15-5-2-4-13(10-15)11-20-17(22)8-7-14-12-21-18-16(14)6-3-9-19-18/h2-10,12H,11H2,1H3,(H,19,21)(H,20,22)/b8-7+. The highest BCUT2D eigenvalue weighted by atomic mass is 16.5. The smallest absolute Gasteiger partial charge is 0.244 e. The molecule has 2 heterocycles. The molecule has 116 valence electrons. The number of rotatable bonds is 5. The number of nitrogens with zero attached hydrogens (tertiary/aromatic N) is 1. The van der Waals surface area contributed by atoms with Gasteiger partial charge in [0.2, 0.25) is 5.91 Å². The molecule has 0 spiro atoms.